The van der Waals surface area contributed by atoms with Crippen LogP contribution in [0.2, 0.25) is 10.0 Å². The average Bonchev–Trinajstić information content (AvgIpc) is 3.01. The standard InChI is InChI=1S/C22H23Cl2N3O3/c1-3-26(4-2)10-11-27-19(15-6-5-9-25-13-15)18(21(29)22(27)30)20(28)14-7-8-16(23)17(24)12-14/h5-9,12-13,19,28H,3-4,10-11H2,1-2H3/b20-18-. The zero-order valence-corrected chi connectivity index (χ0v) is 18.3. The highest BCUT2D eigenvalue weighted by Crippen LogP contribution is 2.39. The van der Waals surface area contributed by atoms with Crippen molar-refractivity contribution in [2.24, 2.45) is 0 Å². The number of halogens is 2. The Morgan fingerprint density at radius 1 is 1.17 bits per heavy atom. The lowest BCUT2D eigenvalue weighted by molar-refractivity contribution is -0.140. The van der Waals surface area contributed by atoms with E-state index in [0.29, 0.717) is 29.2 Å². The Bertz CT molecular complexity index is 975. The summed E-state index contributed by atoms with van der Waals surface area (Å²) in [5.41, 5.74) is 0.990. The van der Waals surface area contributed by atoms with E-state index in [1.54, 1.807) is 30.6 Å². The van der Waals surface area contributed by atoms with E-state index >= 15 is 0 Å². The van der Waals surface area contributed by atoms with Gasteiger partial charge in [0.05, 0.1) is 21.7 Å². The molecule has 3 rings (SSSR count). The van der Waals surface area contributed by atoms with Crippen LogP contribution in [-0.2, 0) is 9.59 Å². The van der Waals surface area contributed by atoms with E-state index < -0.39 is 17.7 Å². The first kappa shape index (κ1) is 22.3. The lowest BCUT2D eigenvalue weighted by Gasteiger charge is -2.28. The minimum atomic E-state index is -0.733. The van der Waals surface area contributed by atoms with Crippen LogP contribution in [0.3, 0.4) is 0 Å². The van der Waals surface area contributed by atoms with Gasteiger partial charge < -0.3 is 14.9 Å². The first-order valence-electron chi connectivity index (χ1n) is 9.75. The predicted molar refractivity (Wildman–Crippen MR) is 117 cm³/mol. The Balaban J connectivity index is 2.09. The molecule has 1 unspecified atom stereocenters. The van der Waals surface area contributed by atoms with Crippen molar-refractivity contribution in [2.45, 2.75) is 19.9 Å². The summed E-state index contributed by atoms with van der Waals surface area (Å²) in [5, 5.41) is 11.6. The van der Waals surface area contributed by atoms with Crippen LogP contribution in [0.1, 0.15) is 31.0 Å². The van der Waals surface area contributed by atoms with Crippen LogP contribution in [-0.4, -0.2) is 57.8 Å². The molecule has 158 valence electrons. The fourth-order valence-electron chi connectivity index (χ4n) is 3.58. The topological polar surface area (TPSA) is 73.7 Å². The van der Waals surface area contributed by atoms with Crippen LogP contribution >= 0.6 is 23.2 Å². The summed E-state index contributed by atoms with van der Waals surface area (Å²) in [7, 11) is 0. The van der Waals surface area contributed by atoms with Gasteiger partial charge in [-0.3, -0.25) is 14.6 Å². The number of Topliss-reactive ketones (excluding diaryl/α,β-unsaturated/α-hetero) is 1. The van der Waals surface area contributed by atoms with Crippen molar-refractivity contribution in [1.82, 2.24) is 14.8 Å². The fourth-order valence-corrected chi connectivity index (χ4v) is 3.88. The van der Waals surface area contributed by atoms with Gasteiger partial charge in [-0.1, -0.05) is 43.1 Å². The van der Waals surface area contributed by atoms with Crippen LogP contribution in [0, 0.1) is 0 Å². The Morgan fingerprint density at radius 3 is 2.50 bits per heavy atom. The number of rotatable bonds is 7. The monoisotopic (exact) mass is 447 g/mol. The second-order valence-electron chi connectivity index (χ2n) is 6.93. The first-order valence-corrected chi connectivity index (χ1v) is 10.5. The van der Waals surface area contributed by atoms with E-state index in [-0.39, 0.29) is 16.4 Å². The quantitative estimate of drug-likeness (QED) is 0.391. The molecule has 1 N–H and O–H groups in total. The summed E-state index contributed by atoms with van der Waals surface area (Å²) < 4.78 is 0. The van der Waals surface area contributed by atoms with Crippen LogP contribution in [0.4, 0.5) is 0 Å². The number of pyridine rings is 1. The third kappa shape index (κ3) is 4.36. The average molecular weight is 448 g/mol. The molecule has 1 aromatic heterocycles. The maximum Gasteiger partial charge on any atom is 0.295 e. The van der Waals surface area contributed by atoms with Gasteiger partial charge >= 0.3 is 0 Å². The summed E-state index contributed by atoms with van der Waals surface area (Å²) in [6.07, 6.45) is 3.22. The number of aliphatic hydroxyl groups excluding tert-OH is 1. The van der Waals surface area contributed by atoms with Gasteiger partial charge in [-0.05, 0) is 42.9 Å². The van der Waals surface area contributed by atoms with Crippen LogP contribution in [0.15, 0.2) is 48.3 Å². The third-order valence-electron chi connectivity index (χ3n) is 5.28. The van der Waals surface area contributed by atoms with Crippen molar-refractivity contribution in [3.05, 3.63) is 69.5 Å². The summed E-state index contributed by atoms with van der Waals surface area (Å²) >= 11 is 12.1. The van der Waals surface area contributed by atoms with Crippen molar-refractivity contribution in [1.29, 1.82) is 0 Å². The number of ketones is 1. The number of aliphatic hydroxyl groups is 1. The van der Waals surface area contributed by atoms with Gasteiger partial charge in [0.2, 0.25) is 0 Å². The fraction of sp³-hybridized carbons (Fsp3) is 0.318. The van der Waals surface area contributed by atoms with Gasteiger partial charge in [-0.2, -0.15) is 0 Å². The molecule has 1 atom stereocenters. The molecule has 6 nitrogen and oxygen atoms in total. The molecule has 1 amide bonds. The number of amides is 1. The zero-order chi connectivity index (χ0) is 21.8. The second kappa shape index (κ2) is 9.60. The van der Waals surface area contributed by atoms with Gasteiger partial charge in [0, 0.05) is 31.0 Å². The Kier molecular flexibility index (Phi) is 7.13. The molecule has 2 heterocycles. The summed E-state index contributed by atoms with van der Waals surface area (Å²) in [5.74, 6) is -1.66. The number of likely N-dealkylation sites (N-methyl/N-ethyl adjacent to an activating group) is 1. The maximum absolute atomic E-state index is 12.9. The van der Waals surface area contributed by atoms with Crippen molar-refractivity contribution in [3.63, 3.8) is 0 Å². The molecule has 0 spiro atoms. The number of likely N-dealkylation sites (tertiary alicyclic amines) is 1. The molecule has 1 aliphatic heterocycles. The first-order chi connectivity index (χ1) is 14.4. The number of aromatic nitrogens is 1. The van der Waals surface area contributed by atoms with Gasteiger partial charge in [0.15, 0.2) is 0 Å². The molecule has 8 heteroatoms. The number of benzene rings is 1. The van der Waals surface area contributed by atoms with Crippen LogP contribution < -0.4 is 0 Å². The molecule has 1 aliphatic rings. The SMILES string of the molecule is CCN(CC)CCN1C(=O)C(=O)/C(=C(\O)c2ccc(Cl)c(Cl)c2)C1c1cccnc1. The summed E-state index contributed by atoms with van der Waals surface area (Å²) in [4.78, 5) is 33.6. The van der Waals surface area contributed by atoms with E-state index in [4.69, 9.17) is 23.2 Å². The third-order valence-corrected chi connectivity index (χ3v) is 6.02. The lowest BCUT2D eigenvalue weighted by Crippen LogP contribution is -2.38. The van der Waals surface area contributed by atoms with Gasteiger partial charge in [-0.15, -0.1) is 0 Å². The van der Waals surface area contributed by atoms with E-state index in [1.807, 2.05) is 13.8 Å². The zero-order valence-electron chi connectivity index (χ0n) is 16.8. The molecule has 0 saturated carbocycles. The normalized spacial score (nSPS) is 18.4. The Hall–Kier alpha value is -2.41. The highest BCUT2D eigenvalue weighted by atomic mass is 35.5. The smallest absolute Gasteiger partial charge is 0.295 e. The molecule has 2 aromatic rings. The Labute approximate surface area is 185 Å². The largest absolute Gasteiger partial charge is 0.507 e. The minimum Gasteiger partial charge on any atom is -0.507 e. The summed E-state index contributed by atoms with van der Waals surface area (Å²) in [6, 6.07) is 7.36. The minimum absolute atomic E-state index is 0.0194. The number of hydrogen-bond acceptors (Lipinski definition) is 5. The highest BCUT2D eigenvalue weighted by Gasteiger charge is 2.46. The molecule has 1 fully saturated rings. The number of carbonyl (C=O) groups excluding carboxylic acids is 2. The van der Waals surface area contributed by atoms with Crippen molar-refractivity contribution in [3.8, 4) is 0 Å². The lowest BCUT2D eigenvalue weighted by atomic mass is 9.96. The molecule has 0 radical (unpaired) electrons. The molecular weight excluding hydrogens is 425 g/mol. The van der Waals surface area contributed by atoms with E-state index in [0.717, 1.165) is 13.1 Å². The molecule has 1 aromatic carbocycles. The van der Waals surface area contributed by atoms with Crippen molar-refractivity contribution >= 4 is 40.7 Å². The second-order valence-corrected chi connectivity index (χ2v) is 7.75. The Morgan fingerprint density at radius 2 is 1.90 bits per heavy atom. The number of nitrogens with zero attached hydrogens (tertiary/aromatic N) is 3. The molecule has 0 aliphatic carbocycles. The van der Waals surface area contributed by atoms with E-state index in [9.17, 15) is 14.7 Å². The predicted octanol–water partition coefficient (Wildman–Crippen LogP) is 4.15. The molecular formula is C22H23Cl2N3O3. The van der Waals surface area contributed by atoms with E-state index in [2.05, 4.69) is 9.88 Å². The number of hydrogen-bond donors (Lipinski definition) is 1. The van der Waals surface area contributed by atoms with Crippen molar-refractivity contribution in [2.75, 3.05) is 26.2 Å². The van der Waals surface area contributed by atoms with Gasteiger partial charge in [0.25, 0.3) is 11.7 Å². The number of carbonyl (C=O) groups is 2. The van der Waals surface area contributed by atoms with Crippen molar-refractivity contribution < 1.29 is 14.7 Å². The summed E-state index contributed by atoms with van der Waals surface area (Å²) in [6.45, 7) is 6.72. The molecule has 1 saturated heterocycles. The van der Waals surface area contributed by atoms with Crippen LogP contribution in [0.5, 0.6) is 0 Å². The molecule has 0 bridgehead atoms. The van der Waals surface area contributed by atoms with Gasteiger partial charge in [0.1, 0.15) is 5.76 Å². The maximum atomic E-state index is 12.9. The highest BCUT2D eigenvalue weighted by molar-refractivity contribution is 6.46. The van der Waals surface area contributed by atoms with Crippen LogP contribution in [0.25, 0.3) is 5.76 Å². The molecule has 30 heavy (non-hydrogen) atoms. The van der Waals surface area contributed by atoms with Gasteiger partial charge in [-0.25, -0.2) is 0 Å². The van der Waals surface area contributed by atoms with E-state index in [1.165, 1.54) is 17.0 Å².